The van der Waals surface area contributed by atoms with Crippen LogP contribution in [-0.4, -0.2) is 26.8 Å². The highest BCUT2D eigenvalue weighted by Crippen LogP contribution is 2.35. The Morgan fingerprint density at radius 2 is 1.63 bits per heavy atom. The fourth-order valence-electron chi connectivity index (χ4n) is 2.78. The zero-order valence-electron chi connectivity index (χ0n) is 11.5. The number of hydrogen-bond donors (Lipinski definition) is 0. The first-order chi connectivity index (χ1) is 8.84. The average Bonchev–Trinajstić information content (AvgIpc) is 2.75. The summed E-state index contributed by atoms with van der Waals surface area (Å²) in [5, 5.41) is 0.852. The Hall–Kier alpha value is -2.10. The van der Waals surface area contributed by atoms with E-state index in [1.807, 2.05) is 56.7 Å². The van der Waals surface area contributed by atoms with Crippen LogP contribution in [0.1, 0.15) is 41.6 Å². The number of aryl methyl sites for hydroxylation is 1. The van der Waals surface area contributed by atoms with Gasteiger partial charge < -0.3 is 4.57 Å². The normalized spacial score (nSPS) is 15.5. The molecule has 0 aliphatic carbocycles. The molecule has 1 aliphatic rings. The van der Waals surface area contributed by atoms with E-state index in [-0.39, 0.29) is 11.8 Å². The zero-order valence-corrected chi connectivity index (χ0v) is 11.5. The third kappa shape index (κ3) is 1.40. The molecule has 2 heterocycles. The number of imide groups is 1. The Bertz CT molecular complexity index is 720. The SMILES string of the molecule is Cn1c2c(c3ccccc31)C(=O)N(C(C)(C)C)C2=O. The molecule has 1 aliphatic heterocycles. The van der Waals surface area contributed by atoms with Crippen molar-refractivity contribution in [2.24, 2.45) is 7.05 Å². The summed E-state index contributed by atoms with van der Waals surface area (Å²) in [6.07, 6.45) is 0. The number of benzene rings is 1. The molecule has 0 radical (unpaired) electrons. The van der Waals surface area contributed by atoms with Crippen LogP contribution >= 0.6 is 0 Å². The van der Waals surface area contributed by atoms with Crippen molar-refractivity contribution in [2.75, 3.05) is 0 Å². The standard InChI is InChI=1S/C15H16N2O2/c1-15(2,3)17-13(18)11-9-7-5-6-8-10(9)16(4)12(11)14(17)19/h5-8H,1-4H3. The van der Waals surface area contributed by atoms with Gasteiger partial charge in [-0.2, -0.15) is 0 Å². The molecule has 1 aromatic heterocycles. The van der Waals surface area contributed by atoms with Crippen LogP contribution in [0.4, 0.5) is 0 Å². The maximum Gasteiger partial charge on any atom is 0.278 e. The fourth-order valence-corrected chi connectivity index (χ4v) is 2.78. The summed E-state index contributed by atoms with van der Waals surface area (Å²) in [5.41, 5.74) is 1.45. The summed E-state index contributed by atoms with van der Waals surface area (Å²) in [6.45, 7) is 5.62. The van der Waals surface area contributed by atoms with Crippen LogP contribution in [0.2, 0.25) is 0 Å². The van der Waals surface area contributed by atoms with Crippen LogP contribution in [0.15, 0.2) is 24.3 Å². The molecular weight excluding hydrogens is 240 g/mol. The van der Waals surface area contributed by atoms with Gasteiger partial charge >= 0.3 is 0 Å². The third-order valence-electron chi connectivity index (χ3n) is 3.60. The van der Waals surface area contributed by atoms with Crippen molar-refractivity contribution in [3.05, 3.63) is 35.5 Å². The Balaban J connectivity index is 2.34. The van der Waals surface area contributed by atoms with E-state index in [0.29, 0.717) is 11.3 Å². The van der Waals surface area contributed by atoms with E-state index in [9.17, 15) is 9.59 Å². The number of fused-ring (bicyclic) bond motifs is 3. The van der Waals surface area contributed by atoms with Crippen molar-refractivity contribution in [3.63, 3.8) is 0 Å². The number of para-hydroxylation sites is 1. The first kappa shape index (κ1) is 12.0. The largest absolute Gasteiger partial charge is 0.339 e. The van der Waals surface area contributed by atoms with Crippen LogP contribution in [0.5, 0.6) is 0 Å². The second kappa shape index (κ2) is 3.47. The highest BCUT2D eigenvalue weighted by molar-refractivity contribution is 6.27. The minimum Gasteiger partial charge on any atom is -0.339 e. The number of aromatic nitrogens is 1. The summed E-state index contributed by atoms with van der Waals surface area (Å²) < 4.78 is 1.82. The molecule has 98 valence electrons. The number of carbonyl (C=O) groups excluding carboxylic acids is 2. The van der Waals surface area contributed by atoms with Crippen LogP contribution in [-0.2, 0) is 7.05 Å². The molecule has 0 N–H and O–H groups in total. The Labute approximate surface area is 111 Å². The van der Waals surface area contributed by atoms with Gasteiger partial charge in [-0.1, -0.05) is 18.2 Å². The molecule has 4 nitrogen and oxygen atoms in total. The lowest BCUT2D eigenvalue weighted by Gasteiger charge is -2.29. The highest BCUT2D eigenvalue weighted by atomic mass is 16.2. The smallest absolute Gasteiger partial charge is 0.278 e. The van der Waals surface area contributed by atoms with Crippen molar-refractivity contribution in [1.82, 2.24) is 9.47 Å². The van der Waals surface area contributed by atoms with E-state index in [1.54, 1.807) is 0 Å². The van der Waals surface area contributed by atoms with Gasteiger partial charge in [0, 0.05) is 23.5 Å². The number of carbonyl (C=O) groups is 2. The predicted molar refractivity (Wildman–Crippen MR) is 73.2 cm³/mol. The second-order valence-electron chi connectivity index (χ2n) is 5.92. The molecule has 0 atom stereocenters. The number of amides is 2. The first-order valence-electron chi connectivity index (χ1n) is 6.30. The van der Waals surface area contributed by atoms with Crippen molar-refractivity contribution in [2.45, 2.75) is 26.3 Å². The predicted octanol–water partition coefficient (Wildman–Crippen LogP) is 2.57. The molecule has 2 aromatic rings. The van der Waals surface area contributed by atoms with E-state index in [0.717, 1.165) is 10.9 Å². The van der Waals surface area contributed by atoms with Crippen molar-refractivity contribution in [3.8, 4) is 0 Å². The minimum atomic E-state index is -0.506. The molecule has 0 unspecified atom stereocenters. The van der Waals surface area contributed by atoms with E-state index in [2.05, 4.69) is 0 Å². The van der Waals surface area contributed by atoms with Crippen molar-refractivity contribution >= 4 is 22.7 Å². The molecule has 2 amide bonds. The summed E-state index contributed by atoms with van der Waals surface area (Å²) in [7, 11) is 1.83. The summed E-state index contributed by atoms with van der Waals surface area (Å²) in [5.74, 6) is -0.393. The van der Waals surface area contributed by atoms with Crippen LogP contribution in [0.25, 0.3) is 10.9 Å². The van der Waals surface area contributed by atoms with Gasteiger partial charge in [-0.3, -0.25) is 14.5 Å². The van der Waals surface area contributed by atoms with Crippen LogP contribution in [0, 0.1) is 0 Å². The molecule has 0 saturated carbocycles. The molecule has 0 bridgehead atoms. The van der Waals surface area contributed by atoms with Gasteiger partial charge in [-0.25, -0.2) is 0 Å². The molecule has 1 aromatic carbocycles. The number of rotatable bonds is 0. The number of hydrogen-bond acceptors (Lipinski definition) is 2. The topological polar surface area (TPSA) is 42.3 Å². The van der Waals surface area contributed by atoms with E-state index in [1.165, 1.54) is 4.90 Å². The summed E-state index contributed by atoms with van der Waals surface area (Å²) in [4.78, 5) is 26.5. The summed E-state index contributed by atoms with van der Waals surface area (Å²) >= 11 is 0. The lowest BCUT2D eigenvalue weighted by atomic mass is 10.1. The van der Waals surface area contributed by atoms with Gasteiger partial charge in [0.15, 0.2) is 0 Å². The van der Waals surface area contributed by atoms with Gasteiger partial charge in [0.2, 0.25) is 0 Å². The Morgan fingerprint density at radius 3 is 2.26 bits per heavy atom. The lowest BCUT2D eigenvalue weighted by Crippen LogP contribution is -2.45. The Morgan fingerprint density at radius 1 is 1.00 bits per heavy atom. The maximum atomic E-state index is 12.6. The van der Waals surface area contributed by atoms with Crippen molar-refractivity contribution < 1.29 is 9.59 Å². The molecule has 0 saturated heterocycles. The quantitative estimate of drug-likeness (QED) is 0.680. The first-order valence-corrected chi connectivity index (χ1v) is 6.30. The molecule has 0 spiro atoms. The van der Waals surface area contributed by atoms with E-state index >= 15 is 0 Å². The van der Waals surface area contributed by atoms with Gasteiger partial charge in [0.05, 0.1) is 5.56 Å². The maximum absolute atomic E-state index is 12.6. The van der Waals surface area contributed by atoms with E-state index < -0.39 is 5.54 Å². The van der Waals surface area contributed by atoms with Crippen LogP contribution in [0.3, 0.4) is 0 Å². The van der Waals surface area contributed by atoms with Crippen molar-refractivity contribution in [1.29, 1.82) is 0 Å². The van der Waals surface area contributed by atoms with Gasteiger partial charge in [0.25, 0.3) is 11.8 Å². The third-order valence-corrected chi connectivity index (χ3v) is 3.60. The van der Waals surface area contributed by atoms with Gasteiger partial charge in [0.1, 0.15) is 5.69 Å². The lowest BCUT2D eigenvalue weighted by molar-refractivity contribution is 0.0504. The molecule has 0 fully saturated rings. The minimum absolute atomic E-state index is 0.190. The molecule has 4 heteroatoms. The zero-order chi connectivity index (χ0) is 13.9. The average molecular weight is 256 g/mol. The summed E-state index contributed by atoms with van der Waals surface area (Å²) in [6, 6.07) is 7.62. The molecular formula is C15H16N2O2. The number of nitrogens with zero attached hydrogens (tertiary/aromatic N) is 2. The van der Waals surface area contributed by atoms with Crippen LogP contribution < -0.4 is 0 Å². The van der Waals surface area contributed by atoms with E-state index in [4.69, 9.17) is 0 Å². The molecule has 3 rings (SSSR count). The molecule has 19 heavy (non-hydrogen) atoms. The monoisotopic (exact) mass is 256 g/mol. The highest BCUT2D eigenvalue weighted by Gasteiger charge is 2.45. The van der Waals surface area contributed by atoms with Gasteiger partial charge in [-0.05, 0) is 26.8 Å². The Kier molecular flexibility index (Phi) is 2.18. The fraction of sp³-hybridized carbons (Fsp3) is 0.333. The van der Waals surface area contributed by atoms with Gasteiger partial charge in [-0.15, -0.1) is 0 Å². The second-order valence-corrected chi connectivity index (χ2v) is 5.92.